The summed E-state index contributed by atoms with van der Waals surface area (Å²) in [6.45, 7) is 0. The molecule has 3 aromatic rings. The van der Waals surface area contributed by atoms with Gasteiger partial charge in [-0.15, -0.1) is 0 Å². The van der Waals surface area contributed by atoms with E-state index in [1.54, 1.807) is 11.8 Å². The molecule has 1 saturated carbocycles. The summed E-state index contributed by atoms with van der Waals surface area (Å²) < 4.78 is 5.37. The summed E-state index contributed by atoms with van der Waals surface area (Å²) in [6, 6.07) is 15.7. The number of rotatable bonds is 5. The first-order valence-corrected chi connectivity index (χ1v) is 8.93. The summed E-state index contributed by atoms with van der Waals surface area (Å²) in [4.78, 5) is 14.4. The first-order valence-electron chi connectivity index (χ1n) is 7.74. The SMILES string of the molecule is O=C(c1cnoc1-c1ccc(Cl)c(Sc2ccccc2)c1)C1CC1. The molecule has 0 spiro atoms. The second kappa shape index (κ2) is 6.46. The van der Waals surface area contributed by atoms with Crippen molar-refractivity contribution < 1.29 is 9.32 Å². The van der Waals surface area contributed by atoms with E-state index in [1.807, 2.05) is 48.5 Å². The molecule has 4 rings (SSSR count). The molecule has 0 unspecified atom stereocenters. The Morgan fingerprint density at radius 1 is 1.17 bits per heavy atom. The lowest BCUT2D eigenvalue weighted by atomic mass is 10.0. The van der Waals surface area contributed by atoms with E-state index in [2.05, 4.69) is 5.16 Å². The number of hydrogen-bond acceptors (Lipinski definition) is 4. The lowest BCUT2D eigenvalue weighted by Crippen LogP contribution is -2.01. The van der Waals surface area contributed by atoms with Gasteiger partial charge in [-0.25, -0.2) is 0 Å². The van der Waals surface area contributed by atoms with Crippen LogP contribution in [-0.2, 0) is 0 Å². The molecular formula is C19H14ClNO2S. The van der Waals surface area contributed by atoms with E-state index >= 15 is 0 Å². The Balaban J connectivity index is 1.69. The molecule has 0 saturated heterocycles. The Labute approximate surface area is 149 Å². The molecule has 5 heteroatoms. The van der Waals surface area contributed by atoms with Gasteiger partial charge in [-0.05, 0) is 43.2 Å². The van der Waals surface area contributed by atoms with Gasteiger partial charge < -0.3 is 4.52 Å². The first-order chi connectivity index (χ1) is 11.7. The summed E-state index contributed by atoms with van der Waals surface area (Å²) in [6.07, 6.45) is 3.44. The third-order valence-corrected chi connectivity index (χ3v) is 5.46. The van der Waals surface area contributed by atoms with Crippen LogP contribution in [0.4, 0.5) is 0 Å². The number of Topliss-reactive ketones (excluding diaryl/α,β-unsaturated/α-hetero) is 1. The molecule has 1 aliphatic rings. The van der Waals surface area contributed by atoms with Crippen molar-refractivity contribution in [3.63, 3.8) is 0 Å². The average molecular weight is 356 g/mol. The van der Waals surface area contributed by atoms with Crippen LogP contribution in [0.15, 0.2) is 69.0 Å². The van der Waals surface area contributed by atoms with Crippen LogP contribution in [0.5, 0.6) is 0 Å². The van der Waals surface area contributed by atoms with Crippen molar-refractivity contribution in [3.05, 3.63) is 65.3 Å². The van der Waals surface area contributed by atoms with Crippen LogP contribution in [0, 0.1) is 5.92 Å². The van der Waals surface area contributed by atoms with Crippen LogP contribution in [0.25, 0.3) is 11.3 Å². The predicted octanol–water partition coefficient (Wildman–Crippen LogP) is 5.74. The number of halogens is 1. The zero-order chi connectivity index (χ0) is 16.5. The van der Waals surface area contributed by atoms with E-state index in [9.17, 15) is 4.79 Å². The molecule has 3 nitrogen and oxygen atoms in total. The zero-order valence-corrected chi connectivity index (χ0v) is 14.3. The summed E-state index contributed by atoms with van der Waals surface area (Å²) in [5.41, 5.74) is 1.38. The van der Waals surface area contributed by atoms with Gasteiger partial charge in [0.1, 0.15) is 0 Å². The standard InChI is InChI=1S/C19H14ClNO2S/c20-16-9-8-13(10-17(16)24-14-4-2-1-3-5-14)19-15(11-21-23-19)18(22)12-6-7-12/h1-5,8-12H,6-7H2. The van der Waals surface area contributed by atoms with Crippen LogP contribution in [0.1, 0.15) is 23.2 Å². The minimum Gasteiger partial charge on any atom is -0.356 e. The van der Waals surface area contributed by atoms with Gasteiger partial charge in [0.05, 0.1) is 16.8 Å². The third-order valence-electron chi connectivity index (χ3n) is 3.95. The smallest absolute Gasteiger partial charge is 0.177 e. The summed E-state index contributed by atoms with van der Waals surface area (Å²) in [7, 11) is 0. The number of hydrogen-bond donors (Lipinski definition) is 0. The molecule has 0 radical (unpaired) electrons. The zero-order valence-electron chi connectivity index (χ0n) is 12.7. The van der Waals surface area contributed by atoms with Gasteiger partial charge in [0.15, 0.2) is 11.5 Å². The average Bonchev–Trinajstić information content (AvgIpc) is 3.34. The topological polar surface area (TPSA) is 43.1 Å². The van der Waals surface area contributed by atoms with Gasteiger partial charge in [-0.1, -0.05) is 46.7 Å². The molecule has 1 heterocycles. The van der Waals surface area contributed by atoms with Gasteiger partial charge in [-0.3, -0.25) is 4.79 Å². The molecule has 1 fully saturated rings. The van der Waals surface area contributed by atoms with E-state index in [0.29, 0.717) is 16.3 Å². The van der Waals surface area contributed by atoms with Crippen molar-refractivity contribution in [3.8, 4) is 11.3 Å². The van der Waals surface area contributed by atoms with Gasteiger partial charge in [0.2, 0.25) is 0 Å². The lowest BCUT2D eigenvalue weighted by molar-refractivity contribution is 0.0968. The molecule has 0 aliphatic heterocycles. The minimum absolute atomic E-state index is 0.124. The number of ketones is 1. The molecule has 2 aromatic carbocycles. The maximum Gasteiger partial charge on any atom is 0.177 e. The van der Waals surface area contributed by atoms with E-state index < -0.39 is 0 Å². The van der Waals surface area contributed by atoms with Crippen molar-refractivity contribution in [1.82, 2.24) is 5.16 Å². The van der Waals surface area contributed by atoms with E-state index in [-0.39, 0.29) is 11.7 Å². The Morgan fingerprint density at radius 2 is 1.96 bits per heavy atom. The maximum atomic E-state index is 12.4. The fourth-order valence-electron chi connectivity index (χ4n) is 2.53. The lowest BCUT2D eigenvalue weighted by Gasteiger charge is -2.07. The monoisotopic (exact) mass is 355 g/mol. The Bertz CT molecular complexity index is 887. The van der Waals surface area contributed by atoms with Crippen molar-refractivity contribution in [2.24, 2.45) is 5.92 Å². The normalized spacial score (nSPS) is 13.9. The fourth-order valence-corrected chi connectivity index (χ4v) is 3.66. The summed E-state index contributed by atoms with van der Waals surface area (Å²) >= 11 is 7.92. The predicted molar refractivity (Wildman–Crippen MR) is 94.6 cm³/mol. The highest BCUT2D eigenvalue weighted by atomic mass is 35.5. The Hall–Kier alpha value is -2.04. The number of nitrogens with zero attached hydrogens (tertiary/aromatic N) is 1. The second-order valence-electron chi connectivity index (χ2n) is 5.77. The van der Waals surface area contributed by atoms with E-state index in [1.165, 1.54) is 6.20 Å². The molecule has 0 bridgehead atoms. The summed E-state index contributed by atoms with van der Waals surface area (Å²) in [5.74, 6) is 0.783. The molecule has 0 amide bonds. The highest BCUT2D eigenvalue weighted by molar-refractivity contribution is 7.99. The van der Waals surface area contributed by atoms with Crippen LogP contribution in [-0.4, -0.2) is 10.9 Å². The summed E-state index contributed by atoms with van der Waals surface area (Å²) in [5, 5.41) is 4.50. The van der Waals surface area contributed by atoms with E-state index in [0.717, 1.165) is 28.2 Å². The Kier molecular flexibility index (Phi) is 4.17. The maximum absolute atomic E-state index is 12.4. The van der Waals surface area contributed by atoms with Gasteiger partial charge >= 0.3 is 0 Å². The first kappa shape index (κ1) is 15.5. The van der Waals surface area contributed by atoms with Gasteiger partial charge in [-0.2, -0.15) is 0 Å². The minimum atomic E-state index is 0.124. The molecule has 1 aromatic heterocycles. The van der Waals surface area contributed by atoms with Crippen LogP contribution in [0.2, 0.25) is 5.02 Å². The van der Waals surface area contributed by atoms with Crippen LogP contribution < -0.4 is 0 Å². The number of carbonyl (C=O) groups is 1. The fraction of sp³-hybridized carbons (Fsp3) is 0.158. The van der Waals surface area contributed by atoms with Crippen molar-refractivity contribution in [2.75, 3.05) is 0 Å². The van der Waals surface area contributed by atoms with Gasteiger partial charge in [0.25, 0.3) is 0 Å². The highest BCUT2D eigenvalue weighted by Gasteiger charge is 2.33. The molecule has 1 aliphatic carbocycles. The number of benzene rings is 2. The third kappa shape index (κ3) is 3.12. The Morgan fingerprint density at radius 3 is 2.71 bits per heavy atom. The molecule has 0 atom stereocenters. The number of aromatic nitrogens is 1. The number of carbonyl (C=O) groups excluding carboxylic acids is 1. The van der Waals surface area contributed by atoms with Crippen molar-refractivity contribution >= 4 is 29.1 Å². The molecular weight excluding hydrogens is 342 g/mol. The van der Waals surface area contributed by atoms with E-state index in [4.69, 9.17) is 16.1 Å². The quantitative estimate of drug-likeness (QED) is 0.547. The van der Waals surface area contributed by atoms with Crippen LogP contribution >= 0.6 is 23.4 Å². The molecule has 0 N–H and O–H groups in total. The highest BCUT2D eigenvalue weighted by Crippen LogP contribution is 2.39. The van der Waals surface area contributed by atoms with Crippen LogP contribution in [0.3, 0.4) is 0 Å². The van der Waals surface area contributed by atoms with Crippen molar-refractivity contribution in [1.29, 1.82) is 0 Å². The van der Waals surface area contributed by atoms with Gasteiger partial charge in [0, 0.05) is 21.3 Å². The molecule has 24 heavy (non-hydrogen) atoms. The second-order valence-corrected chi connectivity index (χ2v) is 7.29. The van der Waals surface area contributed by atoms with Crippen molar-refractivity contribution in [2.45, 2.75) is 22.6 Å². The molecule has 120 valence electrons. The largest absolute Gasteiger partial charge is 0.356 e.